The molecular weight excluding hydrogens is 392 g/mol. The van der Waals surface area contributed by atoms with Gasteiger partial charge in [0.15, 0.2) is 0 Å². The van der Waals surface area contributed by atoms with E-state index in [1.54, 1.807) is 0 Å². The molecule has 9 atom stereocenters. The summed E-state index contributed by atoms with van der Waals surface area (Å²) in [6.45, 7) is 16.1. The molecule has 0 bridgehead atoms. The maximum absolute atomic E-state index is 11.5. The molecule has 2 heteroatoms. The van der Waals surface area contributed by atoms with Crippen LogP contribution in [0.2, 0.25) is 0 Å². The minimum Gasteiger partial charge on any atom is -0.458 e. The number of carbonyl (C=O) groups excluding carboxylic acids is 1. The Bertz CT molecular complexity index is 804. The Morgan fingerprint density at radius 1 is 1.03 bits per heavy atom. The van der Waals surface area contributed by atoms with Crippen molar-refractivity contribution in [1.29, 1.82) is 0 Å². The van der Waals surface area contributed by atoms with Crippen molar-refractivity contribution >= 4 is 5.97 Å². The highest BCUT2D eigenvalue weighted by atomic mass is 16.5. The van der Waals surface area contributed by atoms with Gasteiger partial charge in [0.1, 0.15) is 6.10 Å². The first-order chi connectivity index (χ1) is 15.1. The predicted molar refractivity (Wildman–Crippen MR) is 133 cm³/mol. The molecule has 0 N–H and O–H groups in total. The summed E-state index contributed by atoms with van der Waals surface area (Å²) >= 11 is 0. The highest BCUT2D eigenvalue weighted by Gasteiger charge is 2.58. The van der Waals surface area contributed by atoms with Gasteiger partial charge in [-0.3, -0.25) is 4.79 Å². The molecule has 2 fully saturated rings. The van der Waals surface area contributed by atoms with E-state index in [2.05, 4.69) is 71.9 Å². The molecule has 2 saturated carbocycles. The molecule has 0 aliphatic heterocycles. The molecule has 32 heavy (non-hydrogen) atoms. The topological polar surface area (TPSA) is 26.3 Å². The second kappa shape index (κ2) is 8.80. The minimum atomic E-state index is -0.162. The summed E-state index contributed by atoms with van der Waals surface area (Å²) in [5.41, 5.74) is 2.13. The Balaban J connectivity index is 1.54. The van der Waals surface area contributed by atoms with E-state index in [4.69, 9.17) is 4.74 Å². The fourth-order valence-electron chi connectivity index (χ4n) is 8.04. The molecule has 178 valence electrons. The molecule has 1 unspecified atom stereocenters. The first-order valence-corrected chi connectivity index (χ1v) is 13.3. The van der Waals surface area contributed by atoms with Crippen LogP contribution in [0.5, 0.6) is 0 Å². The summed E-state index contributed by atoms with van der Waals surface area (Å²) < 4.78 is 5.55. The van der Waals surface area contributed by atoms with E-state index in [1.165, 1.54) is 38.2 Å². The van der Waals surface area contributed by atoms with Crippen molar-refractivity contribution in [2.75, 3.05) is 0 Å². The Hall–Kier alpha value is -1.31. The van der Waals surface area contributed by atoms with Crippen LogP contribution in [0.1, 0.15) is 87.0 Å². The van der Waals surface area contributed by atoms with Crippen LogP contribution >= 0.6 is 0 Å². The van der Waals surface area contributed by atoms with Crippen molar-refractivity contribution in [1.82, 2.24) is 0 Å². The van der Waals surface area contributed by atoms with Crippen LogP contribution in [0.15, 0.2) is 36.0 Å². The number of hydrogen-bond donors (Lipinski definition) is 0. The third kappa shape index (κ3) is 4.05. The average molecular weight is 439 g/mol. The Morgan fingerprint density at radius 2 is 1.78 bits per heavy atom. The van der Waals surface area contributed by atoms with Gasteiger partial charge in [0.05, 0.1) is 0 Å². The lowest BCUT2D eigenvalue weighted by Gasteiger charge is -2.57. The molecule has 0 amide bonds. The quantitative estimate of drug-likeness (QED) is 0.324. The van der Waals surface area contributed by atoms with Crippen molar-refractivity contribution in [2.45, 2.75) is 93.1 Å². The van der Waals surface area contributed by atoms with Gasteiger partial charge in [-0.2, -0.15) is 0 Å². The summed E-state index contributed by atoms with van der Waals surface area (Å²) in [6, 6.07) is 0. The number of fused-ring (bicyclic) bond motifs is 5. The van der Waals surface area contributed by atoms with Crippen LogP contribution in [-0.2, 0) is 9.53 Å². The van der Waals surface area contributed by atoms with Gasteiger partial charge in [0.25, 0.3) is 0 Å². The lowest BCUT2D eigenvalue weighted by molar-refractivity contribution is -0.145. The van der Waals surface area contributed by atoms with Crippen LogP contribution in [0.4, 0.5) is 0 Å². The van der Waals surface area contributed by atoms with Crippen LogP contribution in [0.3, 0.4) is 0 Å². The second-order valence-corrected chi connectivity index (χ2v) is 12.5. The third-order valence-electron chi connectivity index (χ3n) is 10.4. The SMILES string of the molecule is CC(=O)OC1C=C2C=C[C@H]3[C@@H]4CC[C@H]([C@H](C)/C=C/[C@H](C)C(C)C)[C@@]4(C)CC[C@@H]3[C@@]2(C)CC1. The molecule has 4 aliphatic rings. The number of carbonyl (C=O) groups is 1. The van der Waals surface area contributed by atoms with E-state index >= 15 is 0 Å². The Labute approximate surface area is 197 Å². The molecule has 0 heterocycles. The summed E-state index contributed by atoms with van der Waals surface area (Å²) in [5, 5.41) is 0. The van der Waals surface area contributed by atoms with Gasteiger partial charge in [-0.1, -0.05) is 65.8 Å². The lowest BCUT2D eigenvalue weighted by atomic mass is 9.48. The van der Waals surface area contributed by atoms with Gasteiger partial charge in [-0.25, -0.2) is 0 Å². The van der Waals surface area contributed by atoms with Gasteiger partial charge in [0, 0.05) is 6.92 Å². The monoisotopic (exact) mass is 438 g/mol. The number of allylic oxidation sites excluding steroid dienone is 5. The highest BCUT2D eigenvalue weighted by Crippen LogP contribution is 2.66. The molecular formula is C30H46O2. The smallest absolute Gasteiger partial charge is 0.303 e. The van der Waals surface area contributed by atoms with E-state index < -0.39 is 0 Å². The van der Waals surface area contributed by atoms with Crippen LogP contribution < -0.4 is 0 Å². The van der Waals surface area contributed by atoms with Crippen LogP contribution in [0, 0.1) is 52.3 Å². The van der Waals surface area contributed by atoms with Gasteiger partial charge in [0.2, 0.25) is 0 Å². The van der Waals surface area contributed by atoms with Crippen molar-refractivity contribution in [3.05, 3.63) is 36.0 Å². The van der Waals surface area contributed by atoms with Crippen molar-refractivity contribution < 1.29 is 9.53 Å². The maximum atomic E-state index is 11.5. The van der Waals surface area contributed by atoms with Crippen molar-refractivity contribution in [3.8, 4) is 0 Å². The van der Waals surface area contributed by atoms with Crippen LogP contribution in [0.25, 0.3) is 0 Å². The average Bonchev–Trinajstić information content (AvgIpc) is 3.08. The zero-order chi connectivity index (χ0) is 23.3. The maximum Gasteiger partial charge on any atom is 0.303 e. The fourth-order valence-corrected chi connectivity index (χ4v) is 8.04. The highest BCUT2D eigenvalue weighted by molar-refractivity contribution is 5.66. The summed E-state index contributed by atoms with van der Waals surface area (Å²) in [5.74, 6) is 4.94. The number of ether oxygens (including phenoxy) is 1. The molecule has 2 nitrogen and oxygen atoms in total. The van der Waals surface area contributed by atoms with Gasteiger partial charge < -0.3 is 4.74 Å². The molecule has 0 aromatic rings. The normalized spacial score (nSPS) is 42.8. The first kappa shape index (κ1) is 23.8. The van der Waals surface area contributed by atoms with E-state index in [-0.39, 0.29) is 17.5 Å². The Kier molecular flexibility index (Phi) is 6.56. The second-order valence-electron chi connectivity index (χ2n) is 12.5. The standard InChI is InChI=1S/C30H46O2/c1-19(2)20(3)8-9-21(4)26-12-13-27-25-11-10-23-18-24(32-22(5)31)14-16-29(23,6)28(25)15-17-30(26,27)7/h8-11,18-21,24-28H,12-17H2,1-7H3/b9-8+/t20-,21+,24?,25-,26+,27-,28-,29-,30+/m0/s1. The number of hydrogen-bond acceptors (Lipinski definition) is 2. The van der Waals surface area contributed by atoms with Crippen molar-refractivity contribution in [3.63, 3.8) is 0 Å². The van der Waals surface area contributed by atoms with E-state index in [1.807, 2.05) is 0 Å². The summed E-state index contributed by atoms with van der Waals surface area (Å²) in [4.78, 5) is 11.5. The lowest BCUT2D eigenvalue weighted by Crippen LogP contribution is -2.49. The zero-order valence-corrected chi connectivity index (χ0v) is 21.6. The van der Waals surface area contributed by atoms with E-state index in [9.17, 15) is 4.79 Å². The molecule has 4 aliphatic carbocycles. The molecule has 0 spiro atoms. The number of esters is 1. The van der Waals surface area contributed by atoms with Crippen LogP contribution in [-0.4, -0.2) is 12.1 Å². The third-order valence-corrected chi connectivity index (χ3v) is 10.4. The van der Waals surface area contributed by atoms with Gasteiger partial charge in [-0.15, -0.1) is 0 Å². The van der Waals surface area contributed by atoms with E-state index in [0.717, 1.165) is 30.6 Å². The molecule has 4 rings (SSSR count). The summed E-state index contributed by atoms with van der Waals surface area (Å²) in [6.07, 6.45) is 19.8. The Morgan fingerprint density at radius 3 is 2.47 bits per heavy atom. The van der Waals surface area contributed by atoms with Gasteiger partial charge >= 0.3 is 5.97 Å². The number of rotatable bonds is 5. The van der Waals surface area contributed by atoms with Crippen molar-refractivity contribution in [2.24, 2.45) is 52.3 Å². The predicted octanol–water partition coefficient (Wildman–Crippen LogP) is 7.76. The summed E-state index contributed by atoms with van der Waals surface area (Å²) in [7, 11) is 0. The molecule has 0 saturated heterocycles. The zero-order valence-electron chi connectivity index (χ0n) is 21.6. The molecule has 0 radical (unpaired) electrons. The molecule has 0 aromatic carbocycles. The largest absolute Gasteiger partial charge is 0.458 e. The first-order valence-electron chi connectivity index (χ1n) is 13.3. The molecule has 0 aromatic heterocycles. The van der Waals surface area contributed by atoms with Gasteiger partial charge in [-0.05, 0) is 102 Å². The minimum absolute atomic E-state index is 0.0395. The van der Waals surface area contributed by atoms with E-state index in [0.29, 0.717) is 29.1 Å². The fraction of sp³-hybridized carbons (Fsp3) is 0.767.